The quantitative estimate of drug-likeness (QED) is 0.771. The molecule has 3 heteroatoms. The van der Waals surface area contributed by atoms with Crippen molar-refractivity contribution < 1.29 is 4.74 Å². The summed E-state index contributed by atoms with van der Waals surface area (Å²) in [4.78, 5) is 0. The largest absolute Gasteiger partial charge is 0.496 e. The predicted molar refractivity (Wildman–Crippen MR) is 64.3 cm³/mol. The van der Waals surface area contributed by atoms with Gasteiger partial charge < -0.3 is 4.74 Å². The van der Waals surface area contributed by atoms with Crippen LogP contribution in [0.5, 0.6) is 5.75 Å². The molecule has 0 bridgehead atoms. The summed E-state index contributed by atoms with van der Waals surface area (Å²) in [6, 6.07) is 6.16. The smallest absolute Gasteiger partial charge is 0.124 e. The fourth-order valence-electron chi connectivity index (χ4n) is 1.94. The first-order valence-electron chi connectivity index (χ1n) is 5.29. The molecule has 0 radical (unpaired) electrons. The fourth-order valence-corrected chi connectivity index (χ4v) is 1.94. The van der Waals surface area contributed by atoms with Crippen LogP contribution in [0.2, 0.25) is 0 Å². The molecular weight excluding hydrogens is 200 g/mol. The number of hydrogen-bond donors (Lipinski definition) is 0. The Morgan fingerprint density at radius 3 is 2.19 bits per heavy atom. The summed E-state index contributed by atoms with van der Waals surface area (Å²) < 4.78 is 7.23. The second-order valence-electron chi connectivity index (χ2n) is 4.01. The molecule has 1 aromatic heterocycles. The van der Waals surface area contributed by atoms with Crippen LogP contribution in [-0.4, -0.2) is 16.9 Å². The molecule has 84 valence electrons. The van der Waals surface area contributed by atoms with Crippen LogP contribution in [0.4, 0.5) is 0 Å². The van der Waals surface area contributed by atoms with Gasteiger partial charge in [-0.05, 0) is 50.1 Å². The predicted octanol–water partition coefficient (Wildman–Crippen LogP) is 2.81. The molecule has 0 spiro atoms. The van der Waals surface area contributed by atoms with Gasteiger partial charge in [0.25, 0.3) is 0 Å². The van der Waals surface area contributed by atoms with Crippen molar-refractivity contribution in [2.75, 3.05) is 7.11 Å². The third kappa shape index (κ3) is 1.81. The van der Waals surface area contributed by atoms with Crippen LogP contribution in [0.1, 0.15) is 16.8 Å². The third-order valence-corrected chi connectivity index (χ3v) is 2.64. The fraction of sp³-hybridized carbons (Fsp3) is 0.308. The lowest BCUT2D eigenvalue weighted by atomic mass is 10.1. The Morgan fingerprint density at radius 2 is 1.75 bits per heavy atom. The molecule has 0 N–H and O–H groups in total. The van der Waals surface area contributed by atoms with Crippen LogP contribution < -0.4 is 4.74 Å². The Kier molecular flexibility index (Phi) is 2.69. The molecule has 0 aliphatic heterocycles. The summed E-state index contributed by atoms with van der Waals surface area (Å²) in [6.45, 7) is 6.08. The van der Waals surface area contributed by atoms with E-state index in [2.05, 4.69) is 17.2 Å². The van der Waals surface area contributed by atoms with Crippen molar-refractivity contribution in [3.05, 3.63) is 41.2 Å². The highest BCUT2D eigenvalue weighted by atomic mass is 16.5. The van der Waals surface area contributed by atoms with E-state index in [1.54, 1.807) is 7.11 Å². The van der Waals surface area contributed by atoms with Gasteiger partial charge in [0, 0.05) is 6.20 Å². The molecule has 0 amide bonds. The summed E-state index contributed by atoms with van der Waals surface area (Å²) in [5.74, 6) is 0.952. The highest BCUT2D eigenvalue weighted by molar-refractivity contribution is 5.48. The van der Waals surface area contributed by atoms with Crippen molar-refractivity contribution in [1.29, 1.82) is 0 Å². The lowest BCUT2D eigenvalue weighted by Crippen LogP contribution is -1.99. The van der Waals surface area contributed by atoms with Crippen LogP contribution in [0.15, 0.2) is 24.4 Å². The monoisotopic (exact) mass is 216 g/mol. The average molecular weight is 216 g/mol. The lowest BCUT2D eigenvalue weighted by Gasteiger charge is -2.11. The zero-order valence-corrected chi connectivity index (χ0v) is 10.1. The van der Waals surface area contributed by atoms with E-state index in [0.717, 1.165) is 28.3 Å². The summed E-state index contributed by atoms with van der Waals surface area (Å²) in [6.07, 6.45) is 1.97. The van der Waals surface area contributed by atoms with E-state index < -0.39 is 0 Å². The molecule has 0 saturated heterocycles. The molecule has 0 unspecified atom stereocenters. The van der Waals surface area contributed by atoms with E-state index in [-0.39, 0.29) is 0 Å². The first-order chi connectivity index (χ1) is 7.61. The summed E-state index contributed by atoms with van der Waals surface area (Å²) in [5, 5.41) is 4.39. The minimum Gasteiger partial charge on any atom is -0.496 e. The van der Waals surface area contributed by atoms with Crippen LogP contribution in [0.25, 0.3) is 5.69 Å². The molecule has 2 aromatic rings. The normalized spacial score (nSPS) is 10.5. The van der Waals surface area contributed by atoms with E-state index in [1.807, 2.05) is 37.7 Å². The zero-order chi connectivity index (χ0) is 11.7. The molecule has 2 rings (SSSR count). The zero-order valence-electron chi connectivity index (χ0n) is 10.1. The van der Waals surface area contributed by atoms with Crippen molar-refractivity contribution in [2.45, 2.75) is 20.8 Å². The van der Waals surface area contributed by atoms with Gasteiger partial charge in [0.1, 0.15) is 5.75 Å². The molecule has 0 saturated carbocycles. The van der Waals surface area contributed by atoms with E-state index in [0.29, 0.717) is 0 Å². The second kappa shape index (κ2) is 4.00. The van der Waals surface area contributed by atoms with Gasteiger partial charge in [0.05, 0.1) is 18.5 Å². The van der Waals surface area contributed by atoms with E-state index >= 15 is 0 Å². The molecule has 1 heterocycles. The lowest BCUT2D eigenvalue weighted by molar-refractivity contribution is 0.408. The molecule has 0 aliphatic rings. The molecule has 16 heavy (non-hydrogen) atoms. The number of hydrogen-bond acceptors (Lipinski definition) is 2. The number of benzene rings is 1. The van der Waals surface area contributed by atoms with Gasteiger partial charge in [-0.15, -0.1) is 0 Å². The number of nitrogens with zero attached hydrogens (tertiary/aromatic N) is 2. The van der Waals surface area contributed by atoms with Crippen molar-refractivity contribution in [3.63, 3.8) is 0 Å². The van der Waals surface area contributed by atoms with Gasteiger partial charge >= 0.3 is 0 Å². The summed E-state index contributed by atoms with van der Waals surface area (Å²) >= 11 is 0. The standard InChI is InChI=1S/C13H16N2O/c1-9-7-12(8-10(2)13(9)16-4)15-6-5-11(3)14-15/h5-8H,1-4H3. The number of aromatic nitrogens is 2. The highest BCUT2D eigenvalue weighted by Gasteiger charge is 2.06. The molecule has 0 atom stereocenters. The van der Waals surface area contributed by atoms with E-state index in [1.165, 1.54) is 0 Å². The SMILES string of the molecule is COc1c(C)cc(-n2ccc(C)n2)cc1C. The summed E-state index contributed by atoms with van der Waals surface area (Å²) in [7, 11) is 1.70. The third-order valence-electron chi connectivity index (χ3n) is 2.64. The Bertz CT molecular complexity index is 491. The molecule has 1 aromatic carbocycles. The Morgan fingerprint density at radius 1 is 1.12 bits per heavy atom. The summed E-state index contributed by atoms with van der Waals surface area (Å²) in [5.41, 5.74) is 4.35. The minimum atomic E-state index is 0.952. The minimum absolute atomic E-state index is 0.952. The maximum atomic E-state index is 5.34. The van der Waals surface area contributed by atoms with Gasteiger partial charge in [-0.3, -0.25) is 0 Å². The molecule has 0 aliphatic carbocycles. The number of aryl methyl sites for hydroxylation is 3. The van der Waals surface area contributed by atoms with Gasteiger partial charge in [0.2, 0.25) is 0 Å². The molecular formula is C13H16N2O. The van der Waals surface area contributed by atoms with Crippen LogP contribution in [-0.2, 0) is 0 Å². The Hall–Kier alpha value is -1.77. The first kappa shape index (κ1) is 10.7. The van der Waals surface area contributed by atoms with Crippen LogP contribution in [0.3, 0.4) is 0 Å². The number of methoxy groups -OCH3 is 1. The van der Waals surface area contributed by atoms with Crippen LogP contribution >= 0.6 is 0 Å². The first-order valence-corrected chi connectivity index (χ1v) is 5.29. The number of rotatable bonds is 2. The maximum absolute atomic E-state index is 5.34. The molecule has 3 nitrogen and oxygen atoms in total. The van der Waals surface area contributed by atoms with Crippen molar-refractivity contribution in [1.82, 2.24) is 9.78 Å². The second-order valence-corrected chi connectivity index (χ2v) is 4.01. The van der Waals surface area contributed by atoms with Gasteiger partial charge in [-0.25, -0.2) is 4.68 Å². The van der Waals surface area contributed by atoms with Gasteiger partial charge in [-0.2, -0.15) is 5.10 Å². The maximum Gasteiger partial charge on any atom is 0.124 e. The van der Waals surface area contributed by atoms with Crippen molar-refractivity contribution in [3.8, 4) is 11.4 Å². The van der Waals surface area contributed by atoms with Crippen molar-refractivity contribution >= 4 is 0 Å². The topological polar surface area (TPSA) is 27.1 Å². The Balaban J connectivity index is 2.52. The highest BCUT2D eigenvalue weighted by Crippen LogP contribution is 2.25. The van der Waals surface area contributed by atoms with Crippen LogP contribution in [0, 0.1) is 20.8 Å². The number of ether oxygens (including phenoxy) is 1. The van der Waals surface area contributed by atoms with E-state index in [4.69, 9.17) is 4.74 Å². The van der Waals surface area contributed by atoms with E-state index in [9.17, 15) is 0 Å². The Labute approximate surface area is 95.7 Å². The van der Waals surface area contributed by atoms with Crippen molar-refractivity contribution in [2.24, 2.45) is 0 Å². The average Bonchev–Trinajstić information content (AvgIpc) is 2.64. The van der Waals surface area contributed by atoms with Gasteiger partial charge in [-0.1, -0.05) is 0 Å². The molecule has 0 fully saturated rings. The van der Waals surface area contributed by atoms with Gasteiger partial charge in [0.15, 0.2) is 0 Å².